The van der Waals surface area contributed by atoms with Crippen molar-refractivity contribution in [3.8, 4) is 17.0 Å². The Morgan fingerprint density at radius 1 is 1.14 bits per heavy atom. The number of hydrazone groups is 1. The van der Waals surface area contributed by atoms with Crippen molar-refractivity contribution in [3.05, 3.63) is 65.5 Å². The number of hydrogen-bond acceptors (Lipinski definition) is 7. The maximum atomic E-state index is 5.77. The van der Waals surface area contributed by atoms with Crippen molar-refractivity contribution in [1.29, 1.82) is 0 Å². The fourth-order valence-corrected chi connectivity index (χ4v) is 3.43. The fourth-order valence-electron chi connectivity index (χ4n) is 2.76. The molecule has 4 rings (SSSR count). The van der Waals surface area contributed by atoms with E-state index in [4.69, 9.17) is 14.2 Å². The summed E-state index contributed by atoms with van der Waals surface area (Å²) in [5.74, 6) is 0.794. The van der Waals surface area contributed by atoms with Gasteiger partial charge in [-0.15, -0.1) is 11.3 Å². The van der Waals surface area contributed by atoms with E-state index < -0.39 is 0 Å². The Labute approximate surface area is 167 Å². The standard InChI is InChI=1S/C21H21N3O3S/c1-2-6-17(7-3-1)19-15-28-21(23-19)24-22-14-16-5-4-8-18(13-16)25-10-9-20-26-11-12-27-20/h1-8,13-15,20H,9-12H2,(H,23,24). The van der Waals surface area contributed by atoms with Crippen LogP contribution < -0.4 is 10.2 Å². The van der Waals surface area contributed by atoms with Gasteiger partial charge in [-0.05, 0) is 17.7 Å². The lowest BCUT2D eigenvalue weighted by Gasteiger charge is -2.10. The van der Waals surface area contributed by atoms with Gasteiger partial charge < -0.3 is 14.2 Å². The lowest BCUT2D eigenvalue weighted by Crippen LogP contribution is -2.12. The van der Waals surface area contributed by atoms with E-state index in [1.54, 1.807) is 6.21 Å². The summed E-state index contributed by atoms with van der Waals surface area (Å²) < 4.78 is 16.6. The fraction of sp³-hybridized carbons (Fsp3) is 0.238. The highest BCUT2D eigenvalue weighted by molar-refractivity contribution is 7.14. The second kappa shape index (κ2) is 9.45. The number of ether oxygens (including phenoxy) is 3. The topological polar surface area (TPSA) is 65.0 Å². The predicted octanol–water partition coefficient (Wildman–Crippen LogP) is 4.40. The SMILES string of the molecule is C(=NNc1nc(-c2ccccc2)cs1)c1cccc(OCCC2OCCO2)c1. The molecule has 0 amide bonds. The van der Waals surface area contributed by atoms with Gasteiger partial charge in [0.25, 0.3) is 0 Å². The van der Waals surface area contributed by atoms with Crippen molar-refractivity contribution in [2.45, 2.75) is 12.7 Å². The molecule has 0 bridgehead atoms. The molecule has 1 aliphatic rings. The minimum atomic E-state index is -0.145. The number of hydrogen-bond donors (Lipinski definition) is 1. The molecule has 0 saturated carbocycles. The van der Waals surface area contributed by atoms with Crippen LogP contribution in [-0.4, -0.2) is 37.3 Å². The molecule has 2 heterocycles. The van der Waals surface area contributed by atoms with Gasteiger partial charge in [0.2, 0.25) is 5.13 Å². The molecule has 0 spiro atoms. The Bertz CT molecular complexity index is 908. The van der Waals surface area contributed by atoms with Gasteiger partial charge in [0.1, 0.15) is 5.75 Å². The Morgan fingerprint density at radius 3 is 2.86 bits per heavy atom. The first-order valence-electron chi connectivity index (χ1n) is 9.13. The lowest BCUT2D eigenvalue weighted by molar-refractivity contribution is -0.0531. The molecule has 0 atom stereocenters. The monoisotopic (exact) mass is 395 g/mol. The molecule has 1 N–H and O–H groups in total. The molecule has 1 aliphatic heterocycles. The van der Waals surface area contributed by atoms with Crippen molar-refractivity contribution >= 4 is 22.7 Å². The summed E-state index contributed by atoms with van der Waals surface area (Å²) >= 11 is 1.52. The van der Waals surface area contributed by atoms with Crippen LogP contribution in [0.5, 0.6) is 5.75 Å². The Hall–Kier alpha value is -2.74. The van der Waals surface area contributed by atoms with Gasteiger partial charge in [-0.3, -0.25) is 5.43 Å². The molecule has 3 aromatic rings. The zero-order chi connectivity index (χ0) is 19.0. The molecule has 1 fully saturated rings. The lowest BCUT2D eigenvalue weighted by atomic mass is 10.2. The van der Waals surface area contributed by atoms with Crippen LogP contribution in [0.25, 0.3) is 11.3 Å². The Kier molecular flexibility index (Phi) is 6.29. The van der Waals surface area contributed by atoms with Crippen LogP contribution in [0.3, 0.4) is 0 Å². The molecule has 2 aromatic carbocycles. The highest BCUT2D eigenvalue weighted by Crippen LogP contribution is 2.24. The van der Waals surface area contributed by atoms with E-state index in [0.29, 0.717) is 26.2 Å². The van der Waals surface area contributed by atoms with Crippen LogP contribution in [0, 0.1) is 0 Å². The van der Waals surface area contributed by atoms with E-state index in [2.05, 4.69) is 15.5 Å². The van der Waals surface area contributed by atoms with E-state index in [1.807, 2.05) is 60.0 Å². The summed E-state index contributed by atoms with van der Waals surface area (Å²) in [4.78, 5) is 4.55. The van der Waals surface area contributed by atoms with Gasteiger partial charge in [0, 0.05) is 17.4 Å². The summed E-state index contributed by atoms with van der Waals surface area (Å²) in [6.45, 7) is 1.87. The number of aromatic nitrogens is 1. The second-order valence-electron chi connectivity index (χ2n) is 6.15. The number of nitrogens with zero attached hydrogens (tertiary/aromatic N) is 2. The quantitative estimate of drug-likeness (QED) is 0.452. The molecule has 144 valence electrons. The van der Waals surface area contributed by atoms with Gasteiger partial charge >= 0.3 is 0 Å². The van der Waals surface area contributed by atoms with Crippen molar-refractivity contribution in [3.63, 3.8) is 0 Å². The molecule has 7 heteroatoms. The third kappa shape index (κ3) is 5.16. The van der Waals surface area contributed by atoms with Crippen LogP contribution in [0.15, 0.2) is 65.1 Å². The summed E-state index contributed by atoms with van der Waals surface area (Å²) in [5.41, 5.74) is 5.96. The highest BCUT2D eigenvalue weighted by atomic mass is 32.1. The minimum absolute atomic E-state index is 0.145. The number of anilines is 1. The largest absolute Gasteiger partial charge is 0.493 e. The van der Waals surface area contributed by atoms with Crippen molar-refractivity contribution < 1.29 is 14.2 Å². The molecule has 1 saturated heterocycles. The molecule has 1 aromatic heterocycles. The van der Waals surface area contributed by atoms with Crippen molar-refractivity contribution in [2.24, 2.45) is 5.10 Å². The first kappa shape index (κ1) is 18.6. The summed E-state index contributed by atoms with van der Waals surface area (Å²) in [6, 6.07) is 17.9. The maximum Gasteiger partial charge on any atom is 0.203 e. The summed E-state index contributed by atoms with van der Waals surface area (Å²) in [7, 11) is 0. The first-order valence-corrected chi connectivity index (χ1v) is 10.0. The van der Waals surface area contributed by atoms with Gasteiger partial charge in [0.05, 0.1) is 31.7 Å². The van der Waals surface area contributed by atoms with Crippen LogP contribution in [0.1, 0.15) is 12.0 Å². The Balaban J connectivity index is 1.29. The van der Waals surface area contributed by atoms with Gasteiger partial charge in [0.15, 0.2) is 6.29 Å². The third-order valence-electron chi connectivity index (χ3n) is 4.12. The second-order valence-corrected chi connectivity index (χ2v) is 7.01. The van der Waals surface area contributed by atoms with Crippen molar-refractivity contribution in [1.82, 2.24) is 4.98 Å². The zero-order valence-electron chi connectivity index (χ0n) is 15.3. The van der Waals surface area contributed by atoms with Gasteiger partial charge in [-0.25, -0.2) is 4.98 Å². The normalized spacial score (nSPS) is 14.6. The van der Waals surface area contributed by atoms with Crippen molar-refractivity contribution in [2.75, 3.05) is 25.2 Å². The van der Waals surface area contributed by atoms with E-state index in [1.165, 1.54) is 11.3 Å². The molecule has 6 nitrogen and oxygen atoms in total. The number of thiazole rings is 1. The van der Waals surface area contributed by atoms with Crippen LogP contribution in [-0.2, 0) is 9.47 Å². The van der Waals surface area contributed by atoms with E-state index in [9.17, 15) is 0 Å². The molecular formula is C21H21N3O3S. The molecule has 0 unspecified atom stereocenters. The average molecular weight is 395 g/mol. The van der Waals surface area contributed by atoms with E-state index >= 15 is 0 Å². The smallest absolute Gasteiger partial charge is 0.203 e. The maximum absolute atomic E-state index is 5.77. The zero-order valence-corrected chi connectivity index (χ0v) is 16.1. The summed E-state index contributed by atoms with van der Waals surface area (Å²) in [6.07, 6.45) is 2.32. The van der Waals surface area contributed by atoms with Gasteiger partial charge in [-0.1, -0.05) is 42.5 Å². The minimum Gasteiger partial charge on any atom is -0.493 e. The van der Waals surface area contributed by atoms with Gasteiger partial charge in [-0.2, -0.15) is 5.10 Å². The molecule has 0 radical (unpaired) electrons. The van der Waals surface area contributed by atoms with Crippen LogP contribution in [0.4, 0.5) is 5.13 Å². The van der Waals surface area contributed by atoms with E-state index in [0.717, 1.165) is 27.7 Å². The highest BCUT2D eigenvalue weighted by Gasteiger charge is 2.15. The molecule has 0 aliphatic carbocycles. The van der Waals surface area contributed by atoms with Crippen LogP contribution >= 0.6 is 11.3 Å². The molecular weight excluding hydrogens is 374 g/mol. The number of rotatable bonds is 8. The summed E-state index contributed by atoms with van der Waals surface area (Å²) in [5, 5.41) is 7.04. The Morgan fingerprint density at radius 2 is 2.00 bits per heavy atom. The number of benzene rings is 2. The van der Waals surface area contributed by atoms with E-state index in [-0.39, 0.29) is 6.29 Å². The number of nitrogens with one attached hydrogen (secondary N) is 1. The first-order chi connectivity index (χ1) is 13.9. The predicted molar refractivity (Wildman–Crippen MR) is 111 cm³/mol. The third-order valence-corrected chi connectivity index (χ3v) is 4.87. The average Bonchev–Trinajstić information content (AvgIpc) is 3.41. The molecule has 28 heavy (non-hydrogen) atoms. The van der Waals surface area contributed by atoms with Crippen LogP contribution in [0.2, 0.25) is 0 Å².